The van der Waals surface area contributed by atoms with Gasteiger partial charge in [-0.25, -0.2) is 0 Å². The highest BCUT2D eigenvalue weighted by Crippen LogP contribution is 2.20. The van der Waals surface area contributed by atoms with E-state index in [1.165, 1.54) is 0 Å². The van der Waals surface area contributed by atoms with Crippen LogP contribution in [0.4, 0.5) is 0 Å². The van der Waals surface area contributed by atoms with Crippen molar-refractivity contribution in [3.8, 4) is 5.75 Å². The Balaban J connectivity index is 1.63. The standard InChI is InChI=1S/C24H23NO2/c1-19(21-14-6-3-7-15-21)25-24(26)22-16-8-9-17-23(22)27-18-10-13-20-11-4-2-5-12-20/h2-17,19H,18H2,1H3,(H,25,26)/b13-10+. The molecule has 0 spiro atoms. The fraction of sp³-hybridized carbons (Fsp3) is 0.125. The van der Waals surface area contributed by atoms with E-state index >= 15 is 0 Å². The first-order valence-corrected chi connectivity index (χ1v) is 9.03. The minimum atomic E-state index is -0.144. The van der Waals surface area contributed by atoms with E-state index in [4.69, 9.17) is 4.74 Å². The van der Waals surface area contributed by atoms with Crippen LogP contribution >= 0.6 is 0 Å². The van der Waals surface area contributed by atoms with Crippen molar-refractivity contribution in [3.05, 3.63) is 108 Å². The predicted molar refractivity (Wildman–Crippen MR) is 110 cm³/mol. The molecule has 3 aromatic rings. The number of amides is 1. The van der Waals surface area contributed by atoms with Crippen LogP contribution in [-0.4, -0.2) is 12.5 Å². The molecule has 1 atom stereocenters. The lowest BCUT2D eigenvalue weighted by atomic mass is 10.1. The number of carbonyl (C=O) groups is 1. The molecular weight excluding hydrogens is 334 g/mol. The first kappa shape index (κ1) is 18.5. The van der Waals surface area contributed by atoms with Crippen LogP contribution in [0.3, 0.4) is 0 Å². The van der Waals surface area contributed by atoms with E-state index in [0.29, 0.717) is 17.9 Å². The molecule has 0 bridgehead atoms. The summed E-state index contributed by atoms with van der Waals surface area (Å²) in [5, 5.41) is 3.03. The maximum atomic E-state index is 12.7. The Morgan fingerprint density at radius 2 is 1.56 bits per heavy atom. The van der Waals surface area contributed by atoms with Crippen LogP contribution < -0.4 is 10.1 Å². The molecule has 0 saturated carbocycles. The average Bonchev–Trinajstić information content (AvgIpc) is 2.73. The van der Waals surface area contributed by atoms with Gasteiger partial charge in [0, 0.05) is 0 Å². The Hall–Kier alpha value is -3.33. The molecule has 0 aromatic heterocycles. The maximum absolute atomic E-state index is 12.7. The van der Waals surface area contributed by atoms with Gasteiger partial charge in [-0.05, 0) is 36.3 Å². The van der Waals surface area contributed by atoms with Gasteiger partial charge in [-0.15, -0.1) is 0 Å². The van der Waals surface area contributed by atoms with Crippen molar-refractivity contribution < 1.29 is 9.53 Å². The molecule has 3 heteroatoms. The molecule has 0 aliphatic rings. The Morgan fingerprint density at radius 1 is 0.926 bits per heavy atom. The summed E-state index contributed by atoms with van der Waals surface area (Å²) in [5.41, 5.74) is 2.72. The summed E-state index contributed by atoms with van der Waals surface area (Å²) in [5.74, 6) is 0.432. The van der Waals surface area contributed by atoms with E-state index in [2.05, 4.69) is 5.32 Å². The minimum absolute atomic E-state index is 0.0790. The molecule has 3 rings (SSSR count). The number of hydrogen-bond donors (Lipinski definition) is 1. The molecule has 0 saturated heterocycles. The smallest absolute Gasteiger partial charge is 0.255 e. The van der Waals surface area contributed by atoms with E-state index in [1.807, 2.05) is 97.9 Å². The molecule has 0 radical (unpaired) electrons. The summed E-state index contributed by atoms with van der Waals surface area (Å²) in [6, 6.07) is 27.2. The van der Waals surface area contributed by atoms with Crippen LogP contribution in [0.25, 0.3) is 6.08 Å². The van der Waals surface area contributed by atoms with Crippen LogP contribution in [0.15, 0.2) is 91.0 Å². The van der Waals surface area contributed by atoms with Gasteiger partial charge >= 0.3 is 0 Å². The lowest BCUT2D eigenvalue weighted by Gasteiger charge is -2.16. The largest absolute Gasteiger partial charge is 0.489 e. The van der Waals surface area contributed by atoms with E-state index in [9.17, 15) is 4.79 Å². The number of ether oxygens (including phenoxy) is 1. The zero-order chi connectivity index (χ0) is 18.9. The predicted octanol–water partition coefficient (Wildman–Crippen LogP) is 5.27. The van der Waals surface area contributed by atoms with Gasteiger partial charge in [0.05, 0.1) is 11.6 Å². The van der Waals surface area contributed by atoms with Crippen molar-refractivity contribution in [1.29, 1.82) is 0 Å². The summed E-state index contributed by atoms with van der Waals surface area (Å²) in [4.78, 5) is 12.7. The SMILES string of the molecule is CC(NC(=O)c1ccccc1OC/C=C/c1ccccc1)c1ccccc1. The number of benzene rings is 3. The third-order valence-electron chi connectivity index (χ3n) is 4.22. The van der Waals surface area contributed by atoms with Crippen molar-refractivity contribution in [1.82, 2.24) is 5.32 Å². The Bertz CT molecular complexity index is 889. The van der Waals surface area contributed by atoms with Crippen molar-refractivity contribution >= 4 is 12.0 Å². The summed E-state index contributed by atoms with van der Waals surface area (Å²) in [7, 11) is 0. The number of nitrogens with one attached hydrogen (secondary N) is 1. The average molecular weight is 357 g/mol. The van der Waals surface area contributed by atoms with Crippen molar-refractivity contribution in [2.24, 2.45) is 0 Å². The first-order chi connectivity index (χ1) is 13.2. The van der Waals surface area contributed by atoms with E-state index in [1.54, 1.807) is 6.07 Å². The van der Waals surface area contributed by atoms with Crippen LogP contribution in [0.2, 0.25) is 0 Å². The summed E-state index contributed by atoms with van der Waals surface area (Å²) in [6.07, 6.45) is 3.94. The molecule has 0 fully saturated rings. The highest BCUT2D eigenvalue weighted by molar-refractivity contribution is 5.97. The van der Waals surface area contributed by atoms with Gasteiger partial charge in [-0.3, -0.25) is 4.79 Å². The van der Waals surface area contributed by atoms with Crippen molar-refractivity contribution in [2.75, 3.05) is 6.61 Å². The Labute approximate surface area is 160 Å². The summed E-state index contributed by atoms with van der Waals surface area (Å²) < 4.78 is 5.82. The Morgan fingerprint density at radius 3 is 2.30 bits per heavy atom. The third-order valence-corrected chi connectivity index (χ3v) is 4.22. The fourth-order valence-electron chi connectivity index (χ4n) is 2.77. The summed E-state index contributed by atoms with van der Waals surface area (Å²) in [6.45, 7) is 2.37. The molecule has 27 heavy (non-hydrogen) atoms. The van der Waals surface area contributed by atoms with Gasteiger partial charge in [-0.2, -0.15) is 0 Å². The van der Waals surface area contributed by atoms with Gasteiger partial charge in [0.25, 0.3) is 5.91 Å². The molecule has 1 N–H and O–H groups in total. The number of rotatable bonds is 7. The van der Waals surface area contributed by atoms with Crippen LogP contribution in [0, 0.1) is 0 Å². The molecule has 1 amide bonds. The highest BCUT2D eigenvalue weighted by atomic mass is 16.5. The normalized spacial score (nSPS) is 11.9. The zero-order valence-corrected chi connectivity index (χ0v) is 15.3. The van der Waals surface area contributed by atoms with Crippen molar-refractivity contribution in [3.63, 3.8) is 0 Å². The molecule has 0 heterocycles. The first-order valence-electron chi connectivity index (χ1n) is 9.03. The molecule has 0 aliphatic carbocycles. The second-order valence-electron chi connectivity index (χ2n) is 6.23. The number of hydrogen-bond acceptors (Lipinski definition) is 2. The van der Waals surface area contributed by atoms with E-state index in [-0.39, 0.29) is 11.9 Å². The van der Waals surface area contributed by atoms with Crippen LogP contribution in [-0.2, 0) is 0 Å². The molecule has 0 aliphatic heterocycles. The minimum Gasteiger partial charge on any atom is -0.489 e. The van der Waals surface area contributed by atoms with E-state index in [0.717, 1.165) is 11.1 Å². The topological polar surface area (TPSA) is 38.3 Å². The quantitative estimate of drug-likeness (QED) is 0.625. The fourth-order valence-corrected chi connectivity index (χ4v) is 2.77. The Kier molecular flexibility index (Phi) is 6.42. The maximum Gasteiger partial charge on any atom is 0.255 e. The lowest BCUT2D eigenvalue weighted by molar-refractivity contribution is 0.0936. The second kappa shape index (κ2) is 9.39. The van der Waals surface area contributed by atoms with Gasteiger partial charge in [0.15, 0.2) is 0 Å². The molecular formula is C24H23NO2. The van der Waals surface area contributed by atoms with Crippen LogP contribution in [0.5, 0.6) is 5.75 Å². The van der Waals surface area contributed by atoms with Crippen LogP contribution in [0.1, 0.15) is 34.5 Å². The number of para-hydroxylation sites is 1. The number of carbonyl (C=O) groups excluding carboxylic acids is 1. The van der Waals surface area contributed by atoms with Gasteiger partial charge in [0.2, 0.25) is 0 Å². The van der Waals surface area contributed by atoms with Crippen molar-refractivity contribution in [2.45, 2.75) is 13.0 Å². The summed E-state index contributed by atoms with van der Waals surface area (Å²) >= 11 is 0. The third kappa shape index (κ3) is 5.32. The molecule has 1 unspecified atom stereocenters. The highest BCUT2D eigenvalue weighted by Gasteiger charge is 2.15. The molecule has 3 aromatic carbocycles. The second-order valence-corrected chi connectivity index (χ2v) is 6.23. The van der Waals surface area contributed by atoms with Gasteiger partial charge in [0.1, 0.15) is 12.4 Å². The molecule has 3 nitrogen and oxygen atoms in total. The van der Waals surface area contributed by atoms with Gasteiger partial charge < -0.3 is 10.1 Å². The van der Waals surface area contributed by atoms with E-state index < -0.39 is 0 Å². The lowest BCUT2D eigenvalue weighted by Crippen LogP contribution is -2.27. The van der Waals surface area contributed by atoms with Gasteiger partial charge in [-0.1, -0.05) is 78.9 Å². The monoisotopic (exact) mass is 357 g/mol. The molecule has 136 valence electrons. The zero-order valence-electron chi connectivity index (χ0n) is 15.3.